The minimum Gasteiger partial charge on any atom is -0.383 e. The Labute approximate surface area is 107 Å². The minimum atomic E-state index is -0.644. The van der Waals surface area contributed by atoms with Crippen LogP contribution in [0.5, 0.6) is 0 Å². The monoisotopic (exact) mass is 250 g/mol. The summed E-state index contributed by atoms with van der Waals surface area (Å²) in [6.45, 7) is 2.53. The highest BCUT2D eigenvalue weighted by Crippen LogP contribution is 2.10. The molecule has 0 saturated heterocycles. The molecule has 1 rings (SSSR count). The van der Waals surface area contributed by atoms with Crippen molar-refractivity contribution in [3.05, 3.63) is 35.9 Å². The predicted octanol–water partition coefficient (Wildman–Crippen LogP) is 0.626. The van der Waals surface area contributed by atoms with E-state index in [2.05, 4.69) is 10.6 Å². The Kier molecular flexibility index (Phi) is 5.87. The van der Waals surface area contributed by atoms with Crippen LogP contribution in [0, 0.1) is 0 Å². The lowest BCUT2D eigenvalue weighted by Gasteiger charge is -2.13. The maximum atomic E-state index is 11.6. The lowest BCUT2D eigenvalue weighted by atomic mass is 10.1. The zero-order valence-corrected chi connectivity index (χ0v) is 10.6. The summed E-state index contributed by atoms with van der Waals surface area (Å²) in [5.41, 5.74) is 0.954. The van der Waals surface area contributed by atoms with Crippen molar-refractivity contribution in [2.24, 2.45) is 0 Å². The average Bonchev–Trinajstić information content (AvgIpc) is 2.39. The van der Waals surface area contributed by atoms with E-state index in [0.29, 0.717) is 13.2 Å². The molecule has 1 aromatic rings. The molecule has 5 nitrogen and oxygen atoms in total. The number of rotatable bonds is 5. The van der Waals surface area contributed by atoms with Crippen molar-refractivity contribution in [2.75, 3.05) is 20.3 Å². The van der Waals surface area contributed by atoms with Crippen LogP contribution in [0.3, 0.4) is 0 Å². The molecule has 0 saturated carbocycles. The van der Waals surface area contributed by atoms with Crippen LogP contribution in [0.2, 0.25) is 0 Å². The summed E-state index contributed by atoms with van der Waals surface area (Å²) in [5, 5.41) is 5.10. The van der Waals surface area contributed by atoms with Crippen molar-refractivity contribution >= 4 is 11.8 Å². The first kappa shape index (κ1) is 14.2. The maximum Gasteiger partial charge on any atom is 0.309 e. The number of carbonyl (C=O) groups excluding carboxylic acids is 2. The van der Waals surface area contributed by atoms with Crippen LogP contribution in [0.1, 0.15) is 18.5 Å². The van der Waals surface area contributed by atoms with Gasteiger partial charge in [-0.3, -0.25) is 9.59 Å². The Balaban J connectivity index is 2.42. The minimum absolute atomic E-state index is 0.202. The van der Waals surface area contributed by atoms with Crippen LogP contribution >= 0.6 is 0 Å². The summed E-state index contributed by atoms with van der Waals surface area (Å²) in [6.07, 6.45) is 0. The van der Waals surface area contributed by atoms with Gasteiger partial charge >= 0.3 is 11.8 Å². The van der Waals surface area contributed by atoms with Gasteiger partial charge in [-0.1, -0.05) is 30.3 Å². The molecule has 2 N–H and O–H groups in total. The third-order valence-corrected chi connectivity index (χ3v) is 2.45. The van der Waals surface area contributed by atoms with Crippen LogP contribution in [0.4, 0.5) is 0 Å². The Morgan fingerprint density at radius 3 is 2.50 bits per heavy atom. The molecule has 0 spiro atoms. The SMILES string of the molecule is COCCNC(=O)C(=O)NC(C)c1ccccc1. The van der Waals surface area contributed by atoms with Crippen molar-refractivity contribution in [2.45, 2.75) is 13.0 Å². The fourth-order valence-electron chi connectivity index (χ4n) is 1.43. The van der Waals surface area contributed by atoms with Crippen LogP contribution in [0.25, 0.3) is 0 Å². The van der Waals surface area contributed by atoms with E-state index in [1.54, 1.807) is 0 Å². The second kappa shape index (κ2) is 7.45. The summed E-state index contributed by atoms with van der Waals surface area (Å²) in [4.78, 5) is 23.0. The standard InChI is InChI=1S/C13H18N2O3/c1-10(11-6-4-3-5-7-11)15-13(17)12(16)14-8-9-18-2/h3-7,10H,8-9H2,1-2H3,(H,14,16)(H,15,17). The van der Waals surface area contributed by atoms with E-state index in [1.807, 2.05) is 37.3 Å². The Bertz CT molecular complexity index is 392. The van der Waals surface area contributed by atoms with Crippen molar-refractivity contribution in [1.82, 2.24) is 10.6 Å². The van der Waals surface area contributed by atoms with Gasteiger partial charge in [-0.2, -0.15) is 0 Å². The molecule has 0 fully saturated rings. The zero-order valence-electron chi connectivity index (χ0n) is 10.6. The molecule has 0 aliphatic carbocycles. The van der Waals surface area contributed by atoms with Gasteiger partial charge in [0.15, 0.2) is 0 Å². The molecule has 0 bridgehead atoms. The Morgan fingerprint density at radius 1 is 1.22 bits per heavy atom. The lowest BCUT2D eigenvalue weighted by Crippen LogP contribution is -2.41. The number of methoxy groups -OCH3 is 1. The Morgan fingerprint density at radius 2 is 1.89 bits per heavy atom. The third kappa shape index (κ3) is 4.55. The summed E-state index contributed by atoms with van der Waals surface area (Å²) < 4.78 is 4.78. The number of carbonyl (C=O) groups is 2. The number of nitrogens with one attached hydrogen (secondary N) is 2. The summed E-state index contributed by atoms with van der Waals surface area (Å²) >= 11 is 0. The largest absolute Gasteiger partial charge is 0.383 e. The van der Waals surface area contributed by atoms with Gasteiger partial charge in [-0.15, -0.1) is 0 Å². The molecule has 1 unspecified atom stereocenters. The normalized spacial score (nSPS) is 11.7. The van der Waals surface area contributed by atoms with Crippen molar-refractivity contribution in [3.8, 4) is 0 Å². The van der Waals surface area contributed by atoms with Gasteiger partial charge in [-0.25, -0.2) is 0 Å². The molecular formula is C13H18N2O3. The topological polar surface area (TPSA) is 67.4 Å². The molecule has 1 atom stereocenters. The highest BCUT2D eigenvalue weighted by Gasteiger charge is 2.16. The smallest absolute Gasteiger partial charge is 0.309 e. The fraction of sp³-hybridized carbons (Fsp3) is 0.385. The number of hydrogen-bond donors (Lipinski definition) is 2. The van der Waals surface area contributed by atoms with Gasteiger partial charge in [0.25, 0.3) is 0 Å². The van der Waals surface area contributed by atoms with Gasteiger partial charge in [0.1, 0.15) is 0 Å². The van der Waals surface area contributed by atoms with E-state index < -0.39 is 11.8 Å². The number of ether oxygens (including phenoxy) is 1. The van der Waals surface area contributed by atoms with Gasteiger partial charge in [-0.05, 0) is 12.5 Å². The quantitative estimate of drug-likeness (QED) is 0.595. The molecule has 0 aromatic heterocycles. The van der Waals surface area contributed by atoms with Crippen LogP contribution < -0.4 is 10.6 Å². The Hall–Kier alpha value is -1.88. The molecule has 0 heterocycles. The van der Waals surface area contributed by atoms with Gasteiger partial charge < -0.3 is 15.4 Å². The molecule has 0 aliphatic rings. The van der Waals surface area contributed by atoms with Crippen LogP contribution in [-0.2, 0) is 14.3 Å². The summed E-state index contributed by atoms with van der Waals surface area (Å²) in [6, 6.07) is 9.26. The number of hydrogen-bond acceptors (Lipinski definition) is 3. The molecule has 0 radical (unpaired) electrons. The molecule has 2 amide bonds. The van der Waals surface area contributed by atoms with E-state index in [4.69, 9.17) is 4.74 Å². The summed E-state index contributed by atoms with van der Waals surface area (Å²) in [5.74, 6) is -1.28. The fourth-order valence-corrected chi connectivity index (χ4v) is 1.43. The van der Waals surface area contributed by atoms with E-state index in [1.165, 1.54) is 7.11 Å². The first-order valence-corrected chi connectivity index (χ1v) is 5.77. The first-order valence-electron chi connectivity index (χ1n) is 5.77. The second-order valence-electron chi connectivity index (χ2n) is 3.85. The average molecular weight is 250 g/mol. The number of benzene rings is 1. The maximum absolute atomic E-state index is 11.6. The molecule has 18 heavy (non-hydrogen) atoms. The van der Waals surface area contributed by atoms with Gasteiger partial charge in [0.2, 0.25) is 0 Å². The van der Waals surface area contributed by atoms with Gasteiger partial charge in [0, 0.05) is 13.7 Å². The molecule has 1 aromatic carbocycles. The van der Waals surface area contributed by atoms with E-state index in [9.17, 15) is 9.59 Å². The van der Waals surface area contributed by atoms with E-state index in [-0.39, 0.29) is 6.04 Å². The van der Waals surface area contributed by atoms with Crippen LogP contribution in [-0.4, -0.2) is 32.1 Å². The predicted molar refractivity (Wildman–Crippen MR) is 67.9 cm³/mol. The molecule has 98 valence electrons. The van der Waals surface area contributed by atoms with Crippen LogP contribution in [0.15, 0.2) is 30.3 Å². The molecule has 5 heteroatoms. The highest BCUT2D eigenvalue weighted by molar-refractivity contribution is 6.35. The second-order valence-corrected chi connectivity index (χ2v) is 3.85. The first-order chi connectivity index (χ1) is 8.65. The third-order valence-electron chi connectivity index (χ3n) is 2.45. The van der Waals surface area contributed by atoms with E-state index in [0.717, 1.165) is 5.56 Å². The number of amides is 2. The lowest BCUT2D eigenvalue weighted by molar-refractivity contribution is -0.139. The highest BCUT2D eigenvalue weighted by atomic mass is 16.5. The molecule has 0 aliphatic heterocycles. The zero-order chi connectivity index (χ0) is 13.4. The molecular weight excluding hydrogens is 232 g/mol. The van der Waals surface area contributed by atoms with E-state index >= 15 is 0 Å². The van der Waals surface area contributed by atoms with Crippen molar-refractivity contribution < 1.29 is 14.3 Å². The van der Waals surface area contributed by atoms with Crippen molar-refractivity contribution in [3.63, 3.8) is 0 Å². The van der Waals surface area contributed by atoms with Gasteiger partial charge in [0.05, 0.1) is 12.6 Å². The van der Waals surface area contributed by atoms with Crippen molar-refractivity contribution in [1.29, 1.82) is 0 Å². The summed E-state index contributed by atoms with van der Waals surface area (Å²) in [7, 11) is 1.53.